The summed E-state index contributed by atoms with van der Waals surface area (Å²) in [6.07, 6.45) is -0.0770. The minimum atomic E-state index is -1.09. The topological polar surface area (TPSA) is 77.8 Å². The third-order valence-corrected chi connectivity index (χ3v) is 3.00. The van der Waals surface area contributed by atoms with E-state index in [0.717, 1.165) is 0 Å². The molecule has 0 spiro atoms. The number of para-hydroxylation sites is 1. The normalized spacial score (nSPS) is 11.1. The Morgan fingerprint density at radius 2 is 1.84 bits per heavy atom. The number of carboxylic acid groups (broad SMARTS) is 1. The molecule has 2 N–H and O–H groups in total. The Labute approximate surface area is 112 Å². The zero-order valence-corrected chi connectivity index (χ0v) is 11.4. The number of amides is 1. The molecule has 1 aromatic carbocycles. The van der Waals surface area contributed by atoms with Gasteiger partial charge in [0.25, 0.3) is 0 Å². The molecule has 0 fully saturated rings. The highest BCUT2D eigenvalue weighted by molar-refractivity contribution is 5.84. The predicted molar refractivity (Wildman–Crippen MR) is 70.6 cm³/mol. The minimum absolute atomic E-state index is 0.0770. The Bertz CT molecular complexity index is 482. The fraction of sp³-hybridized carbons (Fsp3) is 0.429. The number of rotatable bonds is 5. The quantitative estimate of drug-likeness (QED) is 0.851. The van der Waals surface area contributed by atoms with Gasteiger partial charge in [-0.25, -0.2) is 0 Å². The second-order valence-electron chi connectivity index (χ2n) is 5.24. The molecule has 19 heavy (non-hydrogen) atoms. The lowest BCUT2D eigenvalue weighted by Crippen LogP contribution is -2.34. The molecule has 0 atom stereocenters. The van der Waals surface area contributed by atoms with Gasteiger partial charge in [0.15, 0.2) is 0 Å². The van der Waals surface area contributed by atoms with E-state index in [1.54, 1.807) is 31.3 Å². The van der Waals surface area contributed by atoms with Gasteiger partial charge in [-0.2, -0.15) is 0 Å². The van der Waals surface area contributed by atoms with Gasteiger partial charge >= 0.3 is 5.97 Å². The van der Waals surface area contributed by atoms with Gasteiger partial charge in [-0.3, -0.25) is 9.59 Å². The van der Waals surface area contributed by atoms with E-state index in [0.29, 0.717) is 5.56 Å². The number of carbonyl (C=O) groups excluding carboxylic acids is 1. The van der Waals surface area contributed by atoms with Crippen LogP contribution >= 0.6 is 0 Å². The van der Waals surface area contributed by atoms with Crippen LogP contribution in [0.3, 0.4) is 0 Å². The largest absolute Gasteiger partial charge is 0.508 e. The van der Waals surface area contributed by atoms with Gasteiger partial charge in [-0.05, 0) is 19.9 Å². The molecule has 5 nitrogen and oxygen atoms in total. The third kappa shape index (κ3) is 3.98. The second-order valence-corrected chi connectivity index (χ2v) is 5.24. The molecule has 1 rings (SSSR count). The summed E-state index contributed by atoms with van der Waals surface area (Å²) in [5.41, 5.74) is -0.462. The maximum atomic E-state index is 12.0. The monoisotopic (exact) mass is 265 g/mol. The molecule has 5 heteroatoms. The fourth-order valence-corrected chi connectivity index (χ4v) is 1.58. The number of hydrogen-bond acceptors (Lipinski definition) is 3. The van der Waals surface area contributed by atoms with Crippen molar-refractivity contribution in [3.05, 3.63) is 29.8 Å². The molecule has 104 valence electrons. The van der Waals surface area contributed by atoms with Crippen molar-refractivity contribution in [1.82, 2.24) is 4.90 Å². The van der Waals surface area contributed by atoms with E-state index < -0.39 is 11.4 Å². The first-order chi connectivity index (χ1) is 8.74. The van der Waals surface area contributed by atoms with E-state index >= 15 is 0 Å². The first-order valence-electron chi connectivity index (χ1n) is 5.98. The van der Waals surface area contributed by atoms with E-state index in [4.69, 9.17) is 5.11 Å². The molecular weight excluding hydrogens is 246 g/mol. The van der Waals surface area contributed by atoms with Gasteiger partial charge < -0.3 is 15.1 Å². The number of nitrogens with zero attached hydrogens (tertiary/aromatic N) is 1. The Morgan fingerprint density at radius 3 is 2.37 bits per heavy atom. The van der Waals surface area contributed by atoms with E-state index in [1.165, 1.54) is 18.7 Å². The van der Waals surface area contributed by atoms with Crippen LogP contribution in [0.5, 0.6) is 5.75 Å². The molecule has 0 aliphatic carbocycles. The van der Waals surface area contributed by atoms with E-state index in [-0.39, 0.29) is 24.6 Å². The van der Waals surface area contributed by atoms with E-state index in [2.05, 4.69) is 0 Å². The summed E-state index contributed by atoms with van der Waals surface area (Å²) in [5.74, 6) is -1.15. The molecular formula is C14H19NO4. The molecule has 0 saturated heterocycles. The second kappa shape index (κ2) is 5.73. The van der Waals surface area contributed by atoms with Crippen LogP contribution < -0.4 is 0 Å². The summed E-state index contributed by atoms with van der Waals surface area (Å²) in [4.78, 5) is 24.4. The van der Waals surface area contributed by atoms with Gasteiger partial charge in [0.1, 0.15) is 5.75 Å². The van der Waals surface area contributed by atoms with E-state index in [1.807, 2.05) is 0 Å². The van der Waals surface area contributed by atoms with Crippen molar-refractivity contribution >= 4 is 11.9 Å². The number of aromatic hydroxyl groups is 1. The van der Waals surface area contributed by atoms with Crippen molar-refractivity contribution in [1.29, 1.82) is 0 Å². The highest BCUT2D eigenvalue weighted by atomic mass is 16.4. The van der Waals surface area contributed by atoms with Crippen molar-refractivity contribution in [2.75, 3.05) is 7.05 Å². The number of benzene rings is 1. The Balaban J connectivity index is 2.69. The minimum Gasteiger partial charge on any atom is -0.508 e. The lowest BCUT2D eigenvalue weighted by molar-refractivity contribution is -0.151. The highest BCUT2D eigenvalue weighted by Gasteiger charge is 2.31. The number of carboxylic acids is 1. The Morgan fingerprint density at radius 1 is 1.26 bits per heavy atom. The van der Waals surface area contributed by atoms with Crippen LogP contribution in [0.1, 0.15) is 25.8 Å². The molecule has 1 aromatic rings. The molecule has 0 radical (unpaired) electrons. The van der Waals surface area contributed by atoms with Gasteiger partial charge in [-0.1, -0.05) is 18.2 Å². The van der Waals surface area contributed by atoms with Crippen LogP contribution in [0.4, 0.5) is 0 Å². The van der Waals surface area contributed by atoms with E-state index in [9.17, 15) is 14.7 Å². The molecule has 0 aliphatic heterocycles. The van der Waals surface area contributed by atoms with Crippen LogP contribution in [0.2, 0.25) is 0 Å². The summed E-state index contributed by atoms with van der Waals surface area (Å²) < 4.78 is 0. The number of aliphatic carboxylic acids is 1. The summed E-state index contributed by atoms with van der Waals surface area (Å²) >= 11 is 0. The molecule has 0 aliphatic rings. The predicted octanol–water partition coefficient (Wildman–Crippen LogP) is 1.85. The maximum Gasteiger partial charge on any atom is 0.309 e. The maximum absolute atomic E-state index is 12.0. The van der Waals surface area contributed by atoms with Gasteiger partial charge in [0.05, 0.1) is 5.41 Å². The zero-order chi connectivity index (χ0) is 14.6. The molecule has 1 amide bonds. The first kappa shape index (κ1) is 15.0. The van der Waals surface area contributed by atoms with Gasteiger partial charge in [0, 0.05) is 25.6 Å². The summed E-state index contributed by atoms with van der Waals surface area (Å²) in [6, 6.07) is 6.75. The van der Waals surface area contributed by atoms with Crippen molar-refractivity contribution in [3.8, 4) is 5.75 Å². The SMILES string of the molecule is CN(Cc1ccccc1O)C(=O)CC(C)(C)C(=O)O. The summed E-state index contributed by atoms with van der Waals surface area (Å²) in [5, 5.41) is 18.6. The van der Waals surface area contributed by atoms with Crippen molar-refractivity contribution in [2.24, 2.45) is 5.41 Å². The molecule has 0 heterocycles. The third-order valence-electron chi connectivity index (χ3n) is 3.00. The molecule has 0 aromatic heterocycles. The first-order valence-corrected chi connectivity index (χ1v) is 5.98. The Kier molecular flexibility index (Phi) is 4.53. The highest BCUT2D eigenvalue weighted by Crippen LogP contribution is 2.23. The number of hydrogen-bond donors (Lipinski definition) is 2. The van der Waals surface area contributed by atoms with Gasteiger partial charge in [0.2, 0.25) is 5.91 Å². The summed E-state index contributed by atoms with van der Waals surface area (Å²) in [6.45, 7) is 3.28. The standard InChI is InChI=1S/C14H19NO4/c1-14(2,13(18)19)8-12(17)15(3)9-10-6-4-5-7-11(10)16/h4-7,16H,8-9H2,1-3H3,(H,18,19). The summed E-state index contributed by atoms with van der Waals surface area (Å²) in [7, 11) is 1.59. The number of carbonyl (C=O) groups is 2. The van der Waals surface area contributed by atoms with Crippen LogP contribution in [0, 0.1) is 5.41 Å². The van der Waals surface area contributed by atoms with Crippen LogP contribution in [-0.2, 0) is 16.1 Å². The number of phenolic OH excluding ortho intramolecular Hbond substituents is 1. The molecule has 0 unspecified atom stereocenters. The van der Waals surface area contributed by atoms with Crippen LogP contribution in [0.25, 0.3) is 0 Å². The van der Waals surface area contributed by atoms with Crippen molar-refractivity contribution in [3.63, 3.8) is 0 Å². The number of phenols is 1. The Hall–Kier alpha value is -2.04. The fourth-order valence-electron chi connectivity index (χ4n) is 1.58. The average molecular weight is 265 g/mol. The van der Waals surface area contributed by atoms with Crippen LogP contribution in [-0.4, -0.2) is 34.0 Å². The molecule has 0 saturated carbocycles. The smallest absolute Gasteiger partial charge is 0.309 e. The van der Waals surface area contributed by atoms with Gasteiger partial charge in [-0.15, -0.1) is 0 Å². The van der Waals surface area contributed by atoms with Crippen molar-refractivity contribution < 1.29 is 19.8 Å². The lowest BCUT2D eigenvalue weighted by atomic mass is 9.89. The lowest BCUT2D eigenvalue weighted by Gasteiger charge is -2.23. The average Bonchev–Trinajstić information content (AvgIpc) is 2.31. The van der Waals surface area contributed by atoms with Crippen molar-refractivity contribution in [2.45, 2.75) is 26.8 Å². The molecule has 0 bridgehead atoms. The van der Waals surface area contributed by atoms with Crippen LogP contribution in [0.15, 0.2) is 24.3 Å². The zero-order valence-electron chi connectivity index (χ0n) is 11.4.